The van der Waals surface area contributed by atoms with Gasteiger partial charge in [0.25, 0.3) is 0 Å². The van der Waals surface area contributed by atoms with Crippen LogP contribution in [0.2, 0.25) is 0 Å². The van der Waals surface area contributed by atoms with Gasteiger partial charge in [0.15, 0.2) is 14.9 Å². The van der Waals surface area contributed by atoms with Gasteiger partial charge in [-0.2, -0.15) is 0 Å². The molecule has 0 unspecified atom stereocenters. The number of sulfone groups is 1. The van der Waals surface area contributed by atoms with Crippen molar-refractivity contribution in [3.05, 3.63) is 119 Å². The molecule has 0 fully saturated rings. The fourth-order valence-corrected chi connectivity index (χ4v) is 9.63. The van der Waals surface area contributed by atoms with E-state index in [1.807, 2.05) is 0 Å². The molecule has 0 aliphatic carbocycles. The van der Waals surface area contributed by atoms with Crippen molar-refractivity contribution in [3.63, 3.8) is 0 Å². The quantitative estimate of drug-likeness (QED) is 0.162. The minimum absolute atomic E-state index is 0.0604. The van der Waals surface area contributed by atoms with Crippen molar-refractivity contribution in [2.75, 3.05) is 49.0 Å². The summed E-state index contributed by atoms with van der Waals surface area (Å²) >= 11 is 0. The first-order valence-electron chi connectivity index (χ1n) is 15.8. The zero-order valence-corrected chi connectivity index (χ0v) is 30.7. The molecule has 2 amide bonds. The molecule has 0 heterocycles. The van der Waals surface area contributed by atoms with E-state index >= 15 is 0 Å². The summed E-state index contributed by atoms with van der Waals surface area (Å²) in [6.45, 7) is 0. The number of carbonyl (C=O) groups is 2. The summed E-state index contributed by atoms with van der Waals surface area (Å²) in [6.07, 6.45) is -1.06. The molecule has 4 aromatic rings. The zero-order chi connectivity index (χ0) is 39.1. The van der Waals surface area contributed by atoms with E-state index in [0.29, 0.717) is 29.3 Å². The molecule has 0 saturated carbocycles. The van der Waals surface area contributed by atoms with Crippen LogP contribution in [0.4, 0.5) is 28.9 Å². The number of likely N-dealkylation sites (N-methyl/N-ethyl adjacent to an activating group) is 1. The number of halogens is 4. The van der Waals surface area contributed by atoms with Crippen LogP contribution >= 0.6 is 0 Å². The van der Waals surface area contributed by atoms with Gasteiger partial charge in [0.05, 0.1) is 25.9 Å². The van der Waals surface area contributed by atoms with Crippen LogP contribution in [0, 0.1) is 29.2 Å². The van der Waals surface area contributed by atoms with Crippen molar-refractivity contribution in [2.45, 2.75) is 18.9 Å². The van der Waals surface area contributed by atoms with E-state index in [-0.39, 0.29) is 16.8 Å². The van der Waals surface area contributed by atoms with E-state index in [4.69, 9.17) is 9.47 Å². The molecule has 4 rings (SSSR count). The van der Waals surface area contributed by atoms with Crippen LogP contribution in [-0.4, -0.2) is 73.8 Å². The zero-order valence-electron chi connectivity index (χ0n) is 29.1. The number of ether oxygens (including phenoxy) is 2. The van der Waals surface area contributed by atoms with Crippen molar-refractivity contribution >= 4 is 43.0 Å². The van der Waals surface area contributed by atoms with E-state index in [0.717, 1.165) is 34.1 Å². The minimum Gasteiger partial charge on any atom is -0.497 e. The van der Waals surface area contributed by atoms with Gasteiger partial charge < -0.3 is 19.3 Å². The first-order valence-corrected chi connectivity index (χ1v) is 19.3. The Morgan fingerprint density at radius 3 is 1.45 bits per heavy atom. The number of hydrogen-bond donors (Lipinski definition) is 1. The van der Waals surface area contributed by atoms with Gasteiger partial charge in [-0.25, -0.2) is 39.1 Å². The summed E-state index contributed by atoms with van der Waals surface area (Å²) in [5.74, 6) is -7.32. The number of sulfonamides is 1. The molecule has 0 radical (unpaired) electrons. The Bertz CT molecular complexity index is 1960. The van der Waals surface area contributed by atoms with Gasteiger partial charge in [0.1, 0.15) is 40.8 Å². The Morgan fingerprint density at radius 2 is 1.04 bits per heavy atom. The van der Waals surface area contributed by atoms with Crippen molar-refractivity contribution in [3.8, 4) is 11.5 Å². The van der Waals surface area contributed by atoms with E-state index in [2.05, 4.69) is 4.72 Å². The molecule has 53 heavy (non-hydrogen) atoms. The molecule has 0 aliphatic rings. The Hall–Kier alpha value is -5.00. The van der Waals surface area contributed by atoms with E-state index in [1.54, 1.807) is 12.1 Å². The summed E-state index contributed by atoms with van der Waals surface area (Å²) < 4.78 is 123. The van der Waals surface area contributed by atoms with Crippen molar-refractivity contribution in [1.29, 1.82) is 0 Å². The second-order valence-corrected chi connectivity index (χ2v) is 16.4. The summed E-state index contributed by atoms with van der Waals surface area (Å²) in [5, 5.41) is -1.61. The number of nitrogens with one attached hydrogen (secondary N) is 1. The SMILES string of the molecule is COc1ccc(N(C)C(=O)[C@H](Cc2cc(F)cc(F)c2)CS(=O)(=O)CS(=O)(=O)N[C@@H](Cc2cc(F)cc(F)c2)C(=O)N(C)c2ccc(OC)cc2)cc1. The summed E-state index contributed by atoms with van der Waals surface area (Å²) in [4.78, 5) is 29.6. The first-order chi connectivity index (χ1) is 24.9. The molecule has 284 valence electrons. The monoisotopic (exact) mass is 779 g/mol. The summed E-state index contributed by atoms with van der Waals surface area (Å²) in [5.41, 5.74) is 0.432. The van der Waals surface area contributed by atoms with Crippen LogP contribution in [0.5, 0.6) is 11.5 Å². The standard InChI is InChI=1S/C36H37F4N3O8S2/c1-42(30-5-9-32(50-3)10-6-30)35(44)25(13-23-14-26(37)19-27(38)15-23)21-52(46,47)22-53(48,49)41-34(18-24-16-28(39)20-29(40)17-24)36(45)43(2)31-7-11-33(51-4)12-8-31/h5-12,14-17,19-20,25,34,41H,13,18,21-22H2,1-4H3/t25-,34+/m1/s1. The Balaban J connectivity index is 1.62. The molecule has 17 heteroatoms. The third kappa shape index (κ3) is 11.5. The van der Waals surface area contributed by atoms with E-state index in [1.165, 1.54) is 64.7 Å². The summed E-state index contributed by atoms with van der Waals surface area (Å²) in [6, 6.07) is 15.3. The Kier molecular flexibility index (Phi) is 13.2. The van der Waals surface area contributed by atoms with Crippen molar-refractivity contribution < 1.29 is 53.5 Å². The number of nitrogens with zero attached hydrogens (tertiary/aromatic N) is 2. The second kappa shape index (κ2) is 17.2. The number of carbonyl (C=O) groups excluding carboxylic acids is 2. The highest BCUT2D eigenvalue weighted by atomic mass is 32.3. The highest BCUT2D eigenvalue weighted by Gasteiger charge is 2.35. The van der Waals surface area contributed by atoms with E-state index < -0.39 is 90.6 Å². The Morgan fingerprint density at radius 1 is 0.642 bits per heavy atom. The maximum Gasteiger partial charge on any atom is 0.245 e. The van der Waals surface area contributed by atoms with Gasteiger partial charge in [-0.3, -0.25) is 9.59 Å². The second-order valence-electron chi connectivity index (χ2n) is 12.2. The van der Waals surface area contributed by atoms with Gasteiger partial charge in [0, 0.05) is 37.6 Å². The van der Waals surface area contributed by atoms with Crippen LogP contribution in [0.15, 0.2) is 84.9 Å². The lowest BCUT2D eigenvalue weighted by atomic mass is 9.99. The lowest BCUT2D eigenvalue weighted by Crippen LogP contribution is -2.50. The molecule has 0 bridgehead atoms. The summed E-state index contributed by atoms with van der Waals surface area (Å²) in [7, 11) is -4.16. The normalized spacial score (nSPS) is 12.8. The number of hydrogen-bond acceptors (Lipinski definition) is 8. The third-order valence-electron chi connectivity index (χ3n) is 8.11. The molecule has 1 N–H and O–H groups in total. The van der Waals surface area contributed by atoms with Gasteiger partial charge in [-0.15, -0.1) is 0 Å². The number of benzene rings is 4. The maximum absolute atomic E-state index is 14.1. The first kappa shape index (κ1) is 40.8. The molecular formula is C36H37F4N3O8S2. The number of rotatable bonds is 16. The molecule has 2 atom stereocenters. The highest BCUT2D eigenvalue weighted by Crippen LogP contribution is 2.24. The average molecular weight is 780 g/mol. The van der Waals surface area contributed by atoms with Gasteiger partial charge in [0.2, 0.25) is 21.8 Å². The van der Waals surface area contributed by atoms with Crippen LogP contribution in [0.1, 0.15) is 11.1 Å². The molecule has 0 aromatic heterocycles. The fraction of sp³-hybridized carbons (Fsp3) is 0.278. The van der Waals surface area contributed by atoms with Crippen molar-refractivity contribution in [1.82, 2.24) is 4.72 Å². The van der Waals surface area contributed by atoms with Gasteiger partial charge >= 0.3 is 0 Å². The van der Waals surface area contributed by atoms with Crippen LogP contribution in [-0.2, 0) is 42.3 Å². The number of amides is 2. The number of anilines is 2. The molecule has 4 aromatic carbocycles. The lowest BCUT2D eigenvalue weighted by Gasteiger charge is -2.26. The van der Waals surface area contributed by atoms with Crippen LogP contribution in [0.3, 0.4) is 0 Å². The van der Waals surface area contributed by atoms with Gasteiger partial charge in [-0.1, -0.05) is 0 Å². The van der Waals surface area contributed by atoms with Crippen LogP contribution < -0.4 is 24.0 Å². The van der Waals surface area contributed by atoms with Crippen molar-refractivity contribution in [2.24, 2.45) is 5.92 Å². The molecule has 11 nitrogen and oxygen atoms in total. The largest absolute Gasteiger partial charge is 0.497 e. The molecular weight excluding hydrogens is 743 g/mol. The molecule has 0 saturated heterocycles. The van der Waals surface area contributed by atoms with Gasteiger partial charge in [-0.05, 0) is 96.8 Å². The Labute approximate surface area is 305 Å². The smallest absolute Gasteiger partial charge is 0.245 e. The predicted octanol–water partition coefficient (Wildman–Crippen LogP) is 4.65. The number of methoxy groups -OCH3 is 2. The highest BCUT2D eigenvalue weighted by molar-refractivity contribution is 8.07. The van der Waals surface area contributed by atoms with E-state index in [9.17, 15) is 44.0 Å². The molecule has 0 spiro atoms. The predicted molar refractivity (Wildman–Crippen MR) is 191 cm³/mol. The fourth-order valence-electron chi connectivity index (χ4n) is 5.59. The average Bonchev–Trinajstić information content (AvgIpc) is 3.08. The lowest BCUT2D eigenvalue weighted by molar-refractivity contribution is -0.121. The van der Waals surface area contributed by atoms with Crippen LogP contribution in [0.25, 0.3) is 0 Å². The third-order valence-corrected chi connectivity index (χ3v) is 12.3. The topological polar surface area (TPSA) is 139 Å². The minimum atomic E-state index is -4.94. The molecule has 0 aliphatic heterocycles. The maximum atomic E-state index is 14.1.